The van der Waals surface area contributed by atoms with Gasteiger partial charge in [-0.2, -0.15) is 10.2 Å². The van der Waals surface area contributed by atoms with Crippen molar-refractivity contribution < 1.29 is 8.42 Å². The van der Waals surface area contributed by atoms with Gasteiger partial charge in [0.05, 0.1) is 34.8 Å². The minimum atomic E-state index is -3.43. The Bertz CT molecular complexity index is 1390. The highest BCUT2D eigenvalue weighted by Gasteiger charge is 2.19. The van der Waals surface area contributed by atoms with Crippen LogP contribution in [-0.2, 0) is 10.0 Å². The van der Waals surface area contributed by atoms with Crippen LogP contribution >= 0.6 is 0 Å². The molecule has 0 radical (unpaired) electrons. The fourth-order valence-corrected chi connectivity index (χ4v) is 3.86. The first-order valence-corrected chi connectivity index (χ1v) is 11.3. The number of pyridine rings is 1. The average molecular weight is 423 g/mol. The van der Waals surface area contributed by atoms with Gasteiger partial charge in [0.2, 0.25) is 10.0 Å². The second-order valence-corrected chi connectivity index (χ2v) is 9.05. The van der Waals surface area contributed by atoms with Crippen LogP contribution in [0, 0.1) is 0 Å². The number of rotatable bonds is 5. The first-order valence-electron chi connectivity index (χ1n) is 9.39. The lowest BCUT2D eigenvalue weighted by Crippen LogP contribution is -2.23. The lowest BCUT2D eigenvalue weighted by atomic mass is 10.0. The highest BCUT2D eigenvalue weighted by molar-refractivity contribution is 7.92. The quantitative estimate of drug-likeness (QED) is 0.532. The van der Waals surface area contributed by atoms with Gasteiger partial charge in [0, 0.05) is 17.8 Å². The van der Waals surface area contributed by atoms with Crippen LogP contribution in [0.15, 0.2) is 65.6 Å². The third-order valence-electron chi connectivity index (χ3n) is 4.56. The molecular formula is C21H21N5O3S. The normalized spacial score (nSPS) is 11.9. The standard InChI is InChI=1S/C21H21N5O3S/c1-14(2)26-19(27)10-9-17(22-26)20-18-13-16(24-30(3,28)29)11-12-25(18)23-21(20)15-7-5-4-6-8-15/h4-14,24H,1-3H3. The van der Waals surface area contributed by atoms with E-state index in [9.17, 15) is 13.2 Å². The van der Waals surface area contributed by atoms with Crippen LogP contribution < -0.4 is 10.3 Å². The molecule has 0 amide bonds. The predicted octanol–water partition coefficient (Wildman–Crippen LogP) is 3.18. The monoisotopic (exact) mass is 423 g/mol. The summed E-state index contributed by atoms with van der Waals surface area (Å²) in [6.45, 7) is 3.78. The van der Waals surface area contributed by atoms with E-state index in [-0.39, 0.29) is 11.6 Å². The molecule has 0 aliphatic carbocycles. The fraction of sp³-hybridized carbons (Fsp3) is 0.190. The highest BCUT2D eigenvalue weighted by Crippen LogP contribution is 2.34. The third-order valence-corrected chi connectivity index (χ3v) is 5.16. The molecule has 0 bridgehead atoms. The van der Waals surface area contributed by atoms with Gasteiger partial charge in [-0.3, -0.25) is 9.52 Å². The molecule has 154 valence electrons. The van der Waals surface area contributed by atoms with Gasteiger partial charge in [-0.15, -0.1) is 0 Å². The molecule has 8 nitrogen and oxygen atoms in total. The summed E-state index contributed by atoms with van der Waals surface area (Å²) in [6, 6.07) is 16.0. The maximum atomic E-state index is 12.2. The number of fused-ring (bicyclic) bond motifs is 1. The molecule has 30 heavy (non-hydrogen) atoms. The summed E-state index contributed by atoms with van der Waals surface area (Å²) >= 11 is 0. The number of aromatic nitrogens is 4. The van der Waals surface area contributed by atoms with E-state index < -0.39 is 10.0 Å². The van der Waals surface area contributed by atoms with Gasteiger partial charge < -0.3 is 0 Å². The maximum Gasteiger partial charge on any atom is 0.267 e. The van der Waals surface area contributed by atoms with Crippen molar-refractivity contribution in [3.63, 3.8) is 0 Å². The van der Waals surface area contributed by atoms with Crippen LogP contribution in [0.3, 0.4) is 0 Å². The zero-order chi connectivity index (χ0) is 21.5. The fourth-order valence-electron chi connectivity index (χ4n) is 3.30. The van der Waals surface area contributed by atoms with Crippen molar-refractivity contribution in [2.45, 2.75) is 19.9 Å². The molecular weight excluding hydrogens is 402 g/mol. The van der Waals surface area contributed by atoms with E-state index in [1.165, 1.54) is 10.7 Å². The summed E-state index contributed by atoms with van der Waals surface area (Å²) in [6.07, 6.45) is 2.79. The Hall–Kier alpha value is -3.46. The second kappa shape index (κ2) is 7.42. The third kappa shape index (κ3) is 3.84. The van der Waals surface area contributed by atoms with Crippen LogP contribution in [-0.4, -0.2) is 34.1 Å². The van der Waals surface area contributed by atoms with Gasteiger partial charge >= 0.3 is 0 Å². The zero-order valence-corrected chi connectivity index (χ0v) is 17.6. The highest BCUT2D eigenvalue weighted by atomic mass is 32.2. The van der Waals surface area contributed by atoms with Gasteiger partial charge in [0.25, 0.3) is 5.56 Å². The minimum absolute atomic E-state index is 0.109. The van der Waals surface area contributed by atoms with Crippen molar-refractivity contribution in [1.29, 1.82) is 0 Å². The van der Waals surface area contributed by atoms with Crippen molar-refractivity contribution in [2.75, 3.05) is 11.0 Å². The van der Waals surface area contributed by atoms with E-state index in [0.29, 0.717) is 28.2 Å². The first-order chi connectivity index (χ1) is 14.2. The molecule has 0 aliphatic heterocycles. The Kier molecular flexibility index (Phi) is 4.90. The predicted molar refractivity (Wildman–Crippen MR) is 117 cm³/mol. The number of hydrogen-bond donors (Lipinski definition) is 1. The molecule has 0 aliphatic rings. The maximum absolute atomic E-state index is 12.2. The Morgan fingerprint density at radius 2 is 1.73 bits per heavy atom. The van der Waals surface area contributed by atoms with Crippen LogP contribution in [0.5, 0.6) is 0 Å². The first kappa shape index (κ1) is 19.8. The number of nitrogens with one attached hydrogen (secondary N) is 1. The Labute approximate surface area is 173 Å². The van der Waals surface area contributed by atoms with Gasteiger partial charge in [0.15, 0.2) is 0 Å². The molecule has 0 atom stereocenters. The molecule has 1 N–H and O–H groups in total. The molecule has 0 unspecified atom stereocenters. The Balaban J connectivity index is 2.02. The van der Waals surface area contributed by atoms with E-state index in [4.69, 9.17) is 5.10 Å². The molecule has 3 aromatic heterocycles. The SMILES string of the molecule is CC(C)n1nc(-c2c(-c3ccccc3)nn3ccc(NS(C)(=O)=O)cc23)ccc1=O. The van der Waals surface area contributed by atoms with Crippen LogP contribution in [0.1, 0.15) is 19.9 Å². The largest absolute Gasteiger partial charge is 0.284 e. The molecule has 9 heteroatoms. The average Bonchev–Trinajstić information content (AvgIpc) is 3.06. The molecule has 0 saturated carbocycles. The van der Waals surface area contributed by atoms with Crippen LogP contribution in [0.2, 0.25) is 0 Å². The summed E-state index contributed by atoms with van der Waals surface area (Å²) < 4.78 is 29.0. The van der Waals surface area contributed by atoms with Gasteiger partial charge in [0.1, 0.15) is 5.69 Å². The minimum Gasteiger partial charge on any atom is -0.284 e. The summed E-state index contributed by atoms with van der Waals surface area (Å²) in [5.41, 5.74) is 3.77. The molecule has 4 aromatic rings. The summed E-state index contributed by atoms with van der Waals surface area (Å²) in [5.74, 6) is 0. The molecule has 0 spiro atoms. The summed E-state index contributed by atoms with van der Waals surface area (Å²) in [7, 11) is -3.43. The molecule has 0 fully saturated rings. The number of benzene rings is 1. The van der Waals surface area contributed by atoms with Crippen molar-refractivity contribution >= 4 is 21.2 Å². The zero-order valence-electron chi connectivity index (χ0n) is 16.8. The number of anilines is 1. The van der Waals surface area contributed by atoms with E-state index in [0.717, 1.165) is 11.8 Å². The lowest BCUT2D eigenvalue weighted by Gasteiger charge is -2.11. The van der Waals surface area contributed by atoms with Gasteiger partial charge in [-0.25, -0.2) is 17.6 Å². The molecule has 1 aromatic carbocycles. The molecule has 4 rings (SSSR count). The topological polar surface area (TPSA) is 98.4 Å². The van der Waals surface area contributed by atoms with Crippen molar-refractivity contribution in [3.05, 3.63) is 71.1 Å². The van der Waals surface area contributed by atoms with E-state index in [1.807, 2.05) is 44.2 Å². The number of sulfonamides is 1. The summed E-state index contributed by atoms with van der Waals surface area (Å²) in [4.78, 5) is 12.2. The summed E-state index contributed by atoms with van der Waals surface area (Å²) in [5, 5.41) is 9.27. The lowest BCUT2D eigenvalue weighted by molar-refractivity contribution is 0.505. The van der Waals surface area contributed by atoms with Crippen LogP contribution in [0.4, 0.5) is 5.69 Å². The number of hydrogen-bond acceptors (Lipinski definition) is 5. The Morgan fingerprint density at radius 3 is 2.40 bits per heavy atom. The molecule has 3 heterocycles. The van der Waals surface area contributed by atoms with E-state index >= 15 is 0 Å². The van der Waals surface area contributed by atoms with Crippen molar-refractivity contribution in [2.24, 2.45) is 0 Å². The van der Waals surface area contributed by atoms with Crippen molar-refractivity contribution in [1.82, 2.24) is 19.4 Å². The Morgan fingerprint density at radius 1 is 1.00 bits per heavy atom. The van der Waals surface area contributed by atoms with E-state index in [2.05, 4.69) is 9.82 Å². The van der Waals surface area contributed by atoms with E-state index in [1.54, 1.807) is 28.9 Å². The van der Waals surface area contributed by atoms with Crippen molar-refractivity contribution in [3.8, 4) is 22.5 Å². The van der Waals surface area contributed by atoms with Crippen LogP contribution in [0.25, 0.3) is 28.0 Å². The van der Waals surface area contributed by atoms with Gasteiger partial charge in [-0.1, -0.05) is 30.3 Å². The van der Waals surface area contributed by atoms with Gasteiger partial charge in [-0.05, 0) is 32.0 Å². The number of nitrogens with zero attached hydrogens (tertiary/aromatic N) is 4. The molecule has 0 saturated heterocycles. The second-order valence-electron chi connectivity index (χ2n) is 7.30. The smallest absolute Gasteiger partial charge is 0.267 e.